The minimum absolute atomic E-state index is 0. The summed E-state index contributed by atoms with van der Waals surface area (Å²) >= 11 is 0. The molecule has 3 rings (SSSR count). The summed E-state index contributed by atoms with van der Waals surface area (Å²) in [5, 5.41) is 6.05. The molecule has 7 heteroatoms. The summed E-state index contributed by atoms with van der Waals surface area (Å²) in [5.74, 6) is -0.217. The number of carbonyl (C=O) groups is 2. The maximum absolute atomic E-state index is 12.9. The van der Waals surface area contributed by atoms with Crippen molar-refractivity contribution in [3.63, 3.8) is 0 Å². The van der Waals surface area contributed by atoms with Gasteiger partial charge in [0.15, 0.2) is 5.76 Å². The fourth-order valence-electron chi connectivity index (χ4n) is 2.79. The zero-order valence-corrected chi connectivity index (χ0v) is 14.6. The lowest BCUT2D eigenvalue weighted by Gasteiger charge is -2.31. The van der Waals surface area contributed by atoms with Crippen LogP contribution in [-0.4, -0.2) is 48.9 Å². The number of nitrogens with one attached hydrogen (secondary N) is 2. The molecule has 6 nitrogen and oxygen atoms in total. The Bertz CT molecular complexity index is 670. The molecule has 0 bridgehead atoms. The van der Waals surface area contributed by atoms with Crippen molar-refractivity contribution in [2.45, 2.75) is 12.5 Å². The largest absolute Gasteiger partial charge is 0.459 e. The first kappa shape index (κ1) is 19.0. The summed E-state index contributed by atoms with van der Waals surface area (Å²) in [5.41, 5.74) is 1.01. The van der Waals surface area contributed by atoms with E-state index in [0.717, 1.165) is 18.7 Å². The molecule has 25 heavy (non-hydrogen) atoms. The van der Waals surface area contributed by atoms with Crippen LogP contribution in [0.3, 0.4) is 0 Å². The number of hydrogen-bond donors (Lipinski definition) is 2. The number of furan rings is 1. The quantitative estimate of drug-likeness (QED) is 0.843. The molecule has 2 amide bonds. The van der Waals surface area contributed by atoms with Gasteiger partial charge in [0, 0.05) is 32.6 Å². The smallest absolute Gasteiger partial charge is 0.287 e. The van der Waals surface area contributed by atoms with Gasteiger partial charge in [-0.25, -0.2) is 0 Å². The number of benzene rings is 1. The SMILES string of the molecule is Cl.O=C(NC(Cc1ccccc1)C(=O)N1CCNCC1)c1ccco1. The lowest BCUT2D eigenvalue weighted by molar-refractivity contribution is -0.133. The maximum Gasteiger partial charge on any atom is 0.287 e. The first-order valence-corrected chi connectivity index (χ1v) is 8.12. The van der Waals surface area contributed by atoms with Crippen molar-refractivity contribution < 1.29 is 14.0 Å². The third-order valence-electron chi connectivity index (χ3n) is 4.06. The molecule has 1 aliphatic rings. The number of amides is 2. The normalized spacial score (nSPS) is 15.1. The highest BCUT2D eigenvalue weighted by Crippen LogP contribution is 2.09. The Balaban J connectivity index is 0.00000225. The molecule has 1 fully saturated rings. The van der Waals surface area contributed by atoms with Crippen LogP contribution in [-0.2, 0) is 11.2 Å². The summed E-state index contributed by atoms with van der Waals surface area (Å²) < 4.78 is 5.12. The van der Waals surface area contributed by atoms with E-state index in [9.17, 15) is 9.59 Å². The number of hydrogen-bond acceptors (Lipinski definition) is 4. The van der Waals surface area contributed by atoms with Crippen molar-refractivity contribution in [3.05, 3.63) is 60.1 Å². The van der Waals surface area contributed by atoms with Crippen LogP contribution in [0.5, 0.6) is 0 Å². The molecule has 2 heterocycles. The van der Waals surface area contributed by atoms with Crippen molar-refractivity contribution >= 4 is 24.2 Å². The molecule has 0 spiro atoms. The van der Waals surface area contributed by atoms with E-state index < -0.39 is 6.04 Å². The van der Waals surface area contributed by atoms with Crippen LogP contribution < -0.4 is 10.6 Å². The third-order valence-corrected chi connectivity index (χ3v) is 4.06. The van der Waals surface area contributed by atoms with Crippen LogP contribution in [0.25, 0.3) is 0 Å². The van der Waals surface area contributed by atoms with Crippen LogP contribution in [0.4, 0.5) is 0 Å². The Labute approximate surface area is 153 Å². The second-order valence-corrected chi connectivity index (χ2v) is 5.77. The standard InChI is InChI=1S/C18H21N3O3.ClH/c22-17(16-7-4-12-24-16)20-15(13-14-5-2-1-3-6-14)18(23)21-10-8-19-9-11-21;/h1-7,12,15,19H,8-11,13H2,(H,20,22);1H. The average molecular weight is 364 g/mol. The lowest BCUT2D eigenvalue weighted by Crippen LogP contribution is -2.54. The van der Waals surface area contributed by atoms with E-state index in [1.165, 1.54) is 6.26 Å². The zero-order valence-electron chi connectivity index (χ0n) is 13.8. The summed E-state index contributed by atoms with van der Waals surface area (Å²) in [7, 11) is 0. The molecule has 134 valence electrons. The molecule has 1 aromatic heterocycles. The summed E-state index contributed by atoms with van der Waals surface area (Å²) in [4.78, 5) is 27.0. The molecule has 1 unspecified atom stereocenters. The van der Waals surface area contributed by atoms with Crippen LogP contribution in [0.1, 0.15) is 16.1 Å². The number of nitrogens with zero attached hydrogens (tertiary/aromatic N) is 1. The van der Waals surface area contributed by atoms with Gasteiger partial charge < -0.3 is 20.0 Å². The first-order chi connectivity index (χ1) is 11.7. The highest BCUT2D eigenvalue weighted by atomic mass is 35.5. The van der Waals surface area contributed by atoms with Gasteiger partial charge in [-0.1, -0.05) is 30.3 Å². The second-order valence-electron chi connectivity index (χ2n) is 5.77. The minimum Gasteiger partial charge on any atom is -0.459 e. The van der Waals surface area contributed by atoms with E-state index >= 15 is 0 Å². The van der Waals surface area contributed by atoms with Crippen LogP contribution in [0, 0.1) is 0 Å². The van der Waals surface area contributed by atoms with Crippen LogP contribution >= 0.6 is 12.4 Å². The molecule has 0 aliphatic carbocycles. The lowest BCUT2D eigenvalue weighted by atomic mass is 10.0. The Morgan fingerprint density at radius 2 is 1.84 bits per heavy atom. The van der Waals surface area contributed by atoms with Gasteiger partial charge in [-0.15, -0.1) is 12.4 Å². The van der Waals surface area contributed by atoms with Gasteiger partial charge in [-0.3, -0.25) is 9.59 Å². The fraction of sp³-hybridized carbons (Fsp3) is 0.333. The second kappa shape index (κ2) is 9.25. The molecule has 1 aromatic carbocycles. The van der Waals surface area contributed by atoms with Gasteiger partial charge in [0.05, 0.1) is 6.26 Å². The van der Waals surface area contributed by atoms with Gasteiger partial charge in [-0.05, 0) is 17.7 Å². The number of piperazine rings is 1. The zero-order chi connectivity index (χ0) is 16.8. The Kier molecular flexibility index (Phi) is 7.03. The van der Waals surface area contributed by atoms with E-state index in [1.54, 1.807) is 17.0 Å². The Morgan fingerprint density at radius 3 is 2.48 bits per heavy atom. The van der Waals surface area contributed by atoms with Crippen molar-refractivity contribution in [1.82, 2.24) is 15.5 Å². The van der Waals surface area contributed by atoms with E-state index in [0.29, 0.717) is 19.5 Å². The summed E-state index contributed by atoms with van der Waals surface area (Å²) in [6.07, 6.45) is 1.90. The van der Waals surface area contributed by atoms with Gasteiger partial charge in [0.25, 0.3) is 5.91 Å². The average Bonchev–Trinajstić information content (AvgIpc) is 3.17. The third kappa shape index (κ3) is 5.08. The van der Waals surface area contributed by atoms with Crippen LogP contribution in [0.15, 0.2) is 53.1 Å². The first-order valence-electron chi connectivity index (χ1n) is 8.12. The molecule has 1 aliphatic heterocycles. The number of carbonyl (C=O) groups excluding carboxylic acids is 2. The van der Waals surface area contributed by atoms with Gasteiger partial charge >= 0.3 is 0 Å². The molecule has 2 aromatic rings. The van der Waals surface area contributed by atoms with Crippen molar-refractivity contribution in [2.75, 3.05) is 26.2 Å². The number of rotatable bonds is 5. The molecule has 2 N–H and O–H groups in total. The van der Waals surface area contributed by atoms with Crippen molar-refractivity contribution in [3.8, 4) is 0 Å². The molecule has 0 saturated carbocycles. The molecule has 1 atom stereocenters. The van der Waals surface area contributed by atoms with Gasteiger partial charge in [-0.2, -0.15) is 0 Å². The summed E-state index contributed by atoms with van der Waals surface area (Å²) in [6, 6.07) is 12.3. The predicted octanol–water partition coefficient (Wildman–Crippen LogP) is 1.47. The van der Waals surface area contributed by atoms with E-state index in [4.69, 9.17) is 4.42 Å². The maximum atomic E-state index is 12.9. The predicted molar refractivity (Wildman–Crippen MR) is 96.8 cm³/mol. The molecule has 0 radical (unpaired) electrons. The van der Waals surface area contributed by atoms with Gasteiger partial charge in [0.2, 0.25) is 5.91 Å². The van der Waals surface area contributed by atoms with Crippen LogP contribution in [0.2, 0.25) is 0 Å². The van der Waals surface area contributed by atoms with Gasteiger partial charge in [0.1, 0.15) is 6.04 Å². The molecular formula is C18H22ClN3O3. The Morgan fingerprint density at radius 1 is 1.12 bits per heavy atom. The Hall–Kier alpha value is -2.31. The van der Waals surface area contributed by atoms with E-state index in [-0.39, 0.29) is 30.0 Å². The number of halogens is 1. The minimum atomic E-state index is -0.608. The van der Waals surface area contributed by atoms with E-state index in [2.05, 4.69) is 10.6 Å². The van der Waals surface area contributed by atoms with Crippen molar-refractivity contribution in [1.29, 1.82) is 0 Å². The van der Waals surface area contributed by atoms with Crippen molar-refractivity contribution in [2.24, 2.45) is 0 Å². The fourth-order valence-corrected chi connectivity index (χ4v) is 2.79. The van der Waals surface area contributed by atoms with E-state index in [1.807, 2.05) is 30.3 Å². The molecular weight excluding hydrogens is 342 g/mol. The highest BCUT2D eigenvalue weighted by Gasteiger charge is 2.28. The highest BCUT2D eigenvalue weighted by molar-refractivity contribution is 5.95. The molecule has 1 saturated heterocycles. The summed E-state index contributed by atoms with van der Waals surface area (Å²) in [6.45, 7) is 2.85. The topological polar surface area (TPSA) is 74.6 Å². The monoisotopic (exact) mass is 363 g/mol.